The van der Waals surface area contributed by atoms with E-state index in [-0.39, 0.29) is 31.6 Å². The number of methoxy groups -OCH3 is 2. The smallest absolute Gasteiger partial charge is 0.178 e. The molecule has 0 aromatic carbocycles. The predicted molar refractivity (Wildman–Crippen MR) is 99.0 cm³/mol. The first-order valence-electron chi connectivity index (χ1n) is 8.83. The molecule has 0 heterocycles. The molecule has 26 heavy (non-hydrogen) atoms. The second-order valence-corrected chi connectivity index (χ2v) is 5.67. The van der Waals surface area contributed by atoms with E-state index >= 15 is 0 Å². The first-order chi connectivity index (χ1) is 12.6. The van der Waals surface area contributed by atoms with Gasteiger partial charge in [0.2, 0.25) is 0 Å². The van der Waals surface area contributed by atoms with Gasteiger partial charge in [0, 0.05) is 14.2 Å². The molecule has 7 nitrogen and oxygen atoms in total. The van der Waals surface area contributed by atoms with Crippen LogP contribution in [0.25, 0.3) is 0 Å². The van der Waals surface area contributed by atoms with Crippen molar-refractivity contribution >= 4 is 5.78 Å². The lowest BCUT2D eigenvalue weighted by Gasteiger charge is -2.11. The van der Waals surface area contributed by atoms with Gasteiger partial charge in [-0.15, -0.1) is 0 Å². The average molecular weight is 374 g/mol. The van der Waals surface area contributed by atoms with Crippen LogP contribution in [-0.2, 0) is 33.2 Å². The second-order valence-electron chi connectivity index (χ2n) is 5.67. The quantitative estimate of drug-likeness (QED) is 0.207. The minimum absolute atomic E-state index is 0.0166. The van der Waals surface area contributed by atoms with Crippen LogP contribution in [0.4, 0.5) is 0 Å². The van der Waals surface area contributed by atoms with Crippen molar-refractivity contribution in [3.63, 3.8) is 0 Å². The minimum Gasteiger partial charge on any atom is -0.382 e. The van der Waals surface area contributed by atoms with Gasteiger partial charge in [0.15, 0.2) is 5.78 Å². The Balaban J connectivity index is 3.71. The third-order valence-electron chi connectivity index (χ3n) is 3.24. The van der Waals surface area contributed by atoms with Crippen LogP contribution in [-0.4, -0.2) is 72.2 Å². The summed E-state index contributed by atoms with van der Waals surface area (Å²) < 4.78 is 31.1. The summed E-state index contributed by atoms with van der Waals surface area (Å²) in [7, 11) is 3.24. The van der Waals surface area contributed by atoms with Crippen molar-refractivity contribution < 1.29 is 33.2 Å². The molecule has 152 valence electrons. The number of carbonyl (C=O) groups excluding carboxylic acids is 1. The van der Waals surface area contributed by atoms with Gasteiger partial charge in [-0.2, -0.15) is 0 Å². The van der Waals surface area contributed by atoms with E-state index in [1.165, 1.54) is 0 Å². The number of hydrogen-bond acceptors (Lipinski definition) is 7. The van der Waals surface area contributed by atoms with Crippen LogP contribution in [0.2, 0.25) is 0 Å². The lowest BCUT2D eigenvalue weighted by Crippen LogP contribution is -2.12. The molecular formula is C19H34O7. The molecule has 0 aliphatic carbocycles. The summed E-state index contributed by atoms with van der Waals surface area (Å²) >= 11 is 0. The molecule has 0 rings (SSSR count). The summed E-state index contributed by atoms with van der Waals surface area (Å²) in [6.45, 7) is 6.40. The Hall–Kier alpha value is -1.09. The summed E-state index contributed by atoms with van der Waals surface area (Å²) in [5.41, 5.74) is 0. The monoisotopic (exact) mass is 374 g/mol. The SMILES string of the molecule is COCCOCO[C@H](C)C/C=C/C(=O)/C=C/C[C@@H](C)OCOCCOC. The molecule has 0 aliphatic heterocycles. The summed E-state index contributed by atoms with van der Waals surface area (Å²) in [4.78, 5) is 11.7. The van der Waals surface area contributed by atoms with Gasteiger partial charge in [-0.1, -0.05) is 12.2 Å². The van der Waals surface area contributed by atoms with Gasteiger partial charge < -0.3 is 28.4 Å². The first-order valence-corrected chi connectivity index (χ1v) is 8.83. The Kier molecular flexibility index (Phi) is 17.9. The molecule has 0 aromatic rings. The zero-order valence-corrected chi connectivity index (χ0v) is 16.5. The molecule has 0 aliphatic rings. The predicted octanol–water partition coefficient (Wildman–Crippen LogP) is 2.50. The molecule has 0 fully saturated rings. The van der Waals surface area contributed by atoms with Crippen molar-refractivity contribution in [3.8, 4) is 0 Å². The highest BCUT2D eigenvalue weighted by Gasteiger charge is 2.01. The van der Waals surface area contributed by atoms with E-state index in [2.05, 4.69) is 0 Å². The molecule has 0 saturated carbocycles. The topological polar surface area (TPSA) is 72.5 Å². The van der Waals surface area contributed by atoms with Crippen molar-refractivity contribution in [1.82, 2.24) is 0 Å². The minimum atomic E-state index is -0.0583. The number of allylic oxidation sites excluding steroid dienone is 2. The Morgan fingerprint density at radius 2 is 1.19 bits per heavy atom. The maximum atomic E-state index is 11.7. The van der Waals surface area contributed by atoms with E-state index in [1.54, 1.807) is 38.5 Å². The standard InChI is InChI=1S/C19H34O7/c1-17(25-15-23-13-11-21-3)7-5-9-19(20)10-6-8-18(2)26-16-24-14-12-22-4/h5-6,9-10,17-18H,7-8,11-16H2,1-4H3/b9-5+,10-6+/t17-,18-/m1/s1. The second kappa shape index (κ2) is 18.7. The van der Waals surface area contributed by atoms with Crippen LogP contribution in [0.5, 0.6) is 0 Å². The van der Waals surface area contributed by atoms with Gasteiger partial charge in [0.25, 0.3) is 0 Å². The molecule has 0 spiro atoms. The Labute approximate surface area is 157 Å². The van der Waals surface area contributed by atoms with Gasteiger partial charge in [-0.05, 0) is 38.8 Å². The van der Waals surface area contributed by atoms with E-state index in [4.69, 9.17) is 28.4 Å². The van der Waals surface area contributed by atoms with Gasteiger partial charge in [0.1, 0.15) is 13.6 Å². The Morgan fingerprint density at radius 1 is 0.769 bits per heavy atom. The molecule has 0 radical (unpaired) electrons. The normalized spacial score (nSPS) is 14.3. The van der Waals surface area contributed by atoms with Gasteiger partial charge >= 0.3 is 0 Å². The van der Waals surface area contributed by atoms with Crippen molar-refractivity contribution in [1.29, 1.82) is 0 Å². The van der Waals surface area contributed by atoms with E-state index in [9.17, 15) is 4.79 Å². The third kappa shape index (κ3) is 17.7. The summed E-state index contributed by atoms with van der Waals surface area (Å²) in [5.74, 6) is -0.0583. The van der Waals surface area contributed by atoms with Crippen LogP contribution in [0.15, 0.2) is 24.3 Å². The largest absolute Gasteiger partial charge is 0.382 e. The Morgan fingerprint density at radius 3 is 1.58 bits per heavy atom. The van der Waals surface area contributed by atoms with Crippen molar-refractivity contribution in [2.45, 2.75) is 38.9 Å². The summed E-state index contributed by atoms with van der Waals surface area (Å²) in [6.07, 6.45) is 7.95. The fourth-order valence-electron chi connectivity index (χ4n) is 1.67. The van der Waals surface area contributed by atoms with Crippen LogP contribution in [0.1, 0.15) is 26.7 Å². The fraction of sp³-hybridized carbons (Fsp3) is 0.737. The van der Waals surface area contributed by atoms with E-state index < -0.39 is 0 Å². The average Bonchev–Trinajstić information content (AvgIpc) is 2.61. The molecule has 0 aromatic heterocycles. The maximum Gasteiger partial charge on any atom is 0.178 e. The van der Waals surface area contributed by atoms with Crippen LogP contribution < -0.4 is 0 Å². The van der Waals surface area contributed by atoms with Gasteiger partial charge in [-0.25, -0.2) is 0 Å². The third-order valence-corrected chi connectivity index (χ3v) is 3.24. The zero-order chi connectivity index (χ0) is 19.5. The van der Waals surface area contributed by atoms with Crippen LogP contribution in [0.3, 0.4) is 0 Å². The number of ether oxygens (including phenoxy) is 6. The highest BCUT2D eigenvalue weighted by Crippen LogP contribution is 2.01. The summed E-state index contributed by atoms with van der Waals surface area (Å²) in [5, 5.41) is 0. The molecule has 0 amide bonds. The van der Waals surface area contributed by atoms with E-state index in [0.717, 1.165) is 0 Å². The highest BCUT2D eigenvalue weighted by molar-refractivity contribution is 5.99. The van der Waals surface area contributed by atoms with Gasteiger partial charge in [0.05, 0.1) is 38.6 Å². The number of rotatable bonds is 18. The molecular weight excluding hydrogens is 340 g/mol. The molecule has 0 unspecified atom stereocenters. The lowest BCUT2D eigenvalue weighted by molar-refractivity contribution is -0.110. The van der Waals surface area contributed by atoms with Crippen molar-refractivity contribution in [2.75, 3.05) is 54.2 Å². The molecule has 7 heteroatoms. The van der Waals surface area contributed by atoms with Crippen molar-refractivity contribution in [3.05, 3.63) is 24.3 Å². The van der Waals surface area contributed by atoms with E-state index in [1.807, 2.05) is 13.8 Å². The van der Waals surface area contributed by atoms with Crippen LogP contribution in [0, 0.1) is 0 Å². The number of ketones is 1. The Bertz CT molecular complexity index is 348. The molecule has 0 N–H and O–H groups in total. The number of carbonyl (C=O) groups is 1. The van der Waals surface area contributed by atoms with E-state index in [0.29, 0.717) is 39.3 Å². The zero-order valence-electron chi connectivity index (χ0n) is 16.5. The van der Waals surface area contributed by atoms with Crippen molar-refractivity contribution in [2.24, 2.45) is 0 Å². The van der Waals surface area contributed by atoms with Gasteiger partial charge in [-0.3, -0.25) is 4.79 Å². The molecule has 2 atom stereocenters. The fourth-order valence-corrected chi connectivity index (χ4v) is 1.67. The molecule has 0 bridgehead atoms. The number of hydrogen-bond donors (Lipinski definition) is 0. The summed E-state index contributed by atoms with van der Waals surface area (Å²) in [6, 6.07) is 0. The molecule has 0 saturated heterocycles. The van der Waals surface area contributed by atoms with Crippen LogP contribution >= 0.6 is 0 Å². The lowest BCUT2D eigenvalue weighted by atomic mass is 10.2. The first kappa shape index (κ1) is 24.9. The maximum absolute atomic E-state index is 11.7. The highest BCUT2D eigenvalue weighted by atomic mass is 16.7.